The van der Waals surface area contributed by atoms with Crippen LogP contribution in [0.25, 0.3) is 11.6 Å². The number of hydrogen-bond donors (Lipinski definition) is 1. The number of nitrogens with zero attached hydrogens (tertiary/aromatic N) is 6. The van der Waals surface area contributed by atoms with Gasteiger partial charge in [-0.15, -0.1) is 10.2 Å². The Bertz CT molecular complexity index is 935. The van der Waals surface area contributed by atoms with Gasteiger partial charge in [0.15, 0.2) is 0 Å². The number of anilines is 1. The standard InChI is InChI=1S/C17H23N7O2/c1-6-24-13(9-10(2)21-24)17-20-19-15(26-17)8-7-14(25)18-16-11(3)22-23(5)12(16)4/h9H,6-8H2,1-5H3,(H,18,25). The predicted molar refractivity (Wildman–Crippen MR) is 95.6 cm³/mol. The van der Waals surface area contributed by atoms with E-state index in [0.717, 1.165) is 28.5 Å². The monoisotopic (exact) mass is 357 g/mol. The third kappa shape index (κ3) is 3.51. The number of amides is 1. The first-order chi connectivity index (χ1) is 12.4. The fourth-order valence-corrected chi connectivity index (χ4v) is 2.79. The Hall–Kier alpha value is -2.97. The van der Waals surface area contributed by atoms with Crippen molar-refractivity contribution in [3.8, 4) is 11.6 Å². The van der Waals surface area contributed by atoms with Crippen molar-refractivity contribution in [2.45, 2.75) is 47.1 Å². The Kier molecular flexibility index (Phi) is 4.88. The van der Waals surface area contributed by atoms with Crippen LogP contribution in [-0.4, -0.2) is 35.7 Å². The molecular weight excluding hydrogens is 334 g/mol. The number of carbonyl (C=O) groups is 1. The summed E-state index contributed by atoms with van der Waals surface area (Å²) in [6.45, 7) is 8.41. The molecule has 3 aromatic rings. The van der Waals surface area contributed by atoms with Gasteiger partial charge in [0, 0.05) is 26.4 Å². The molecule has 26 heavy (non-hydrogen) atoms. The Balaban J connectivity index is 1.63. The molecule has 0 aliphatic rings. The summed E-state index contributed by atoms with van der Waals surface area (Å²) in [5.74, 6) is 0.733. The van der Waals surface area contributed by atoms with Crippen LogP contribution in [0.1, 0.15) is 36.3 Å². The van der Waals surface area contributed by atoms with E-state index in [9.17, 15) is 4.79 Å². The number of rotatable bonds is 6. The van der Waals surface area contributed by atoms with E-state index < -0.39 is 0 Å². The van der Waals surface area contributed by atoms with Crippen molar-refractivity contribution in [2.24, 2.45) is 7.05 Å². The van der Waals surface area contributed by atoms with E-state index in [1.807, 2.05) is 45.5 Å². The SMILES string of the molecule is CCn1nc(C)cc1-c1nnc(CCC(=O)Nc2c(C)nn(C)c2C)o1. The van der Waals surface area contributed by atoms with Gasteiger partial charge >= 0.3 is 0 Å². The molecule has 3 aromatic heterocycles. The van der Waals surface area contributed by atoms with E-state index in [0.29, 0.717) is 24.7 Å². The van der Waals surface area contributed by atoms with Crippen molar-refractivity contribution in [2.75, 3.05) is 5.32 Å². The second-order valence-corrected chi connectivity index (χ2v) is 6.21. The van der Waals surface area contributed by atoms with Crippen LogP contribution >= 0.6 is 0 Å². The minimum atomic E-state index is -0.113. The van der Waals surface area contributed by atoms with Crippen molar-refractivity contribution in [3.63, 3.8) is 0 Å². The maximum atomic E-state index is 12.2. The van der Waals surface area contributed by atoms with E-state index in [-0.39, 0.29) is 12.3 Å². The fraction of sp³-hybridized carbons (Fsp3) is 0.471. The van der Waals surface area contributed by atoms with Crippen molar-refractivity contribution in [3.05, 3.63) is 29.0 Å². The van der Waals surface area contributed by atoms with Gasteiger partial charge in [-0.25, -0.2) is 0 Å². The third-order valence-corrected chi connectivity index (χ3v) is 4.23. The third-order valence-electron chi connectivity index (χ3n) is 4.23. The van der Waals surface area contributed by atoms with Crippen LogP contribution < -0.4 is 5.32 Å². The number of nitrogens with one attached hydrogen (secondary N) is 1. The molecule has 3 rings (SSSR count). The van der Waals surface area contributed by atoms with E-state index >= 15 is 0 Å². The highest BCUT2D eigenvalue weighted by Gasteiger charge is 2.16. The number of aromatic nitrogens is 6. The van der Waals surface area contributed by atoms with Crippen LogP contribution in [0.15, 0.2) is 10.5 Å². The lowest BCUT2D eigenvalue weighted by Crippen LogP contribution is -2.13. The molecule has 3 heterocycles. The molecule has 9 heteroatoms. The molecule has 1 N–H and O–H groups in total. The Morgan fingerprint density at radius 1 is 1.23 bits per heavy atom. The van der Waals surface area contributed by atoms with Crippen molar-refractivity contribution >= 4 is 11.6 Å². The molecule has 1 amide bonds. The van der Waals surface area contributed by atoms with E-state index in [1.165, 1.54) is 0 Å². The lowest BCUT2D eigenvalue weighted by molar-refractivity contribution is -0.116. The minimum absolute atomic E-state index is 0.113. The second kappa shape index (κ2) is 7.11. The average Bonchev–Trinajstić information content (AvgIpc) is 3.27. The minimum Gasteiger partial charge on any atom is -0.419 e. The highest BCUT2D eigenvalue weighted by molar-refractivity contribution is 5.91. The summed E-state index contributed by atoms with van der Waals surface area (Å²) < 4.78 is 9.26. The van der Waals surface area contributed by atoms with Crippen LogP contribution in [0, 0.1) is 20.8 Å². The summed E-state index contributed by atoms with van der Waals surface area (Å²) in [6, 6.07) is 1.90. The van der Waals surface area contributed by atoms with Crippen molar-refractivity contribution < 1.29 is 9.21 Å². The van der Waals surface area contributed by atoms with Gasteiger partial charge in [-0.1, -0.05) is 0 Å². The summed E-state index contributed by atoms with van der Waals surface area (Å²) >= 11 is 0. The summed E-state index contributed by atoms with van der Waals surface area (Å²) in [5.41, 5.74) is 4.14. The van der Waals surface area contributed by atoms with Gasteiger partial charge in [0.05, 0.1) is 22.8 Å². The van der Waals surface area contributed by atoms with E-state index in [1.54, 1.807) is 4.68 Å². The molecule has 9 nitrogen and oxygen atoms in total. The first-order valence-corrected chi connectivity index (χ1v) is 8.56. The molecule has 138 valence electrons. The Morgan fingerprint density at radius 2 is 2.00 bits per heavy atom. The molecule has 0 saturated carbocycles. The molecule has 0 aliphatic heterocycles. The average molecular weight is 357 g/mol. The molecule has 0 aromatic carbocycles. The molecule has 0 radical (unpaired) electrons. The molecule has 0 spiro atoms. The Labute approximate surface area is 151 Å². The van der Waals surface area contributed by atoms with E-state index in [2.05, 4.69) is 25.7 Å². The molecular formula is C17H23N7O2. The van der Waals surface area contributed by atoms with Crippen LogP contribution in [0.2, 0.25) is 0 Å². The largest absolute Gasteiger partial charge is 0.419 e. The fourth-order valence-electron chi connectivity index (χ4n) is 2.79. The van der Waals surface area contributed by atoms with Gasteiger partial charge in [0.2, 0.25) is 11.8 Å². The quantitative estimate of drug-likeness (QED) is 0.725. The molecule has 0 atom stereocenters. The summed E-state index contributed by atoms with van der Waals surface area (Å²) in [7, 11) is 1.85. The second-order valence-electron chi connectivity index (χ2n) is 6.21. The van der Waals surface area contributed by atoms with Gasteiger partial charge in [-0.3, -0.25) is 14.2 Å². The highest BCUT2D eigenvalue weighted by Crippen LogP contribution is 2.21. The first kappa shape index (κ1) is 17.8. The van der Waals surface area contributed by atoms with Gasteiger partial charge in [0.25, 0.3) is 5.89 Å². The van der Waals surface area contributed by atoms with Gasteiger partial charge in [0.1, 0.15) is 5.69 Å². The van der Waals surface area contributed by atoms with Gasteiger partial charge < -0.3 is 9.73 Å². The topological polar surface area (TPSA) is 104 Å². The smallest absolute Gasteiger partial charge is 0.265 e. The zero-order valence-corrected chi connectivity index (χ0v) is 15.7. The maximum Gasteiger partial charge on any atom is 0.265 e. The van der Waals surface area contributed by atoms with E-state index in [4.69, 9.17) is 4.42 Å². The van der Waals surface area contributed by atoms with Crippen LogP contribution in [0.3, 0.4) is 0 Å². The van der Waals surface area contributed by atoms with Crippen LogP contribution in [0.5, 0.6) is 0 Å². The lowest BCUT2D eigenvalue weighted by Gasteiger charge is -2.04. The molecule has 0 unspecified atom stereocenters. The number of aryl methyl sites for hydroxylation is 5. The summed E-state index contributed by atoms with van der Waals surface area (Å²) in [5, 5.41) is 19.7. The van der Waals surface area contributed by atoms with Gasteiger partial charge in [-0.05, 0) is 33.8 Å². The molecule has 0 bridgehead atoms. The zero-order valence-electron chi connectivity index (χ0n) is 15.7. The highest BCUT2D eigenvalue weighted by atomic mass is 16.4. The van der Waals surface area contributed by atoms with Crippen LogP contribution in [-0.2, 0) is 24.8 Å². The van der Waals surface area contributed by atoms with Crippen molar-refractivity contribution in [1.82, 2.24) is 29.8 Å². The van der Waals surface area contributed by atoms with Crippen molar-refractivity contribution in [1.29, 1.82) is 0 Å². The number of carbonyl (C=O) groups excluding carboxylic acids is 1. The molecule has 0 fully saturated rings. The molecule has 0 saturated heterocycles. The normalized spacial score (nSPS) is 11.1. The Morgan fingerprint density at radius 3 is 2.65 bits per heavy atom. The van der Waals surface area contributed by atoms with Gasteiger partial charge in [-0.2, -0.15) is 10.2 Å². The predicted octanol–water partition coefficient (Wildman–Crippen LogP) is 2.18. The zero-order chi connectivity index (χ0) is 18.8. The van der Waals surface area contributed by atoms with Crippen LogP contribution in [0.4, 0.5) is 5.69 Å². The number of hydrogen-bond acceptors (Lipinski definition) is 6. The lowest BCUT2D eigenvalue weighted by atomic mass is 10.2. The summed E-state index contributed by atoms with van der Waals surface area (Å²) in [6.07, 6.45) is 0.623. The maximum absolute atomic E-state index is 12.2. The summed E-state index contributed by atoms with van der Waals surface area (Å²) in [4.78, 5) is 12.2. The first-order valence-electron chi connectivity index (χ1n) is 8.56. The molecule has 0 aliphatic carbocycles.